The summed E-state index contributed by atoms with van der Waals surface area (Å²) in [6.45, 7) is -0.962. The highest BCUT2D eigenvalue weighted by atomic mass is 35.5. The van der Waals surface area contributed by atoms with Crippen molar-refractivity contribution in [3.63, 3.8) is 0 Å². The van der Waals surface area contributed by atoms with E-state index in [9.17, 15) is 35.9 Å². The van der Waals surface area contributed by atoms with Crippen LogP contribution in [0.5, 0.6) is 0 Å². The summed E-state index contributed by atoms with van der Waals surface area (Å²) in [5.41, 5.74) is -2.48. The summed E-state index contributed by atoms with van der Waals surface area (Å²) < 4.78 is 75.8. The molecule has 2 aromatic heterocycles. The number of alkyl halides is 6. The molecule has 146 valence electrons. The summed E-state index contributed by atoms with van der Waals surface area (Å²) in [7, 11) is 0. The second kappa shape index (κ2) is 7.33. The van der Waals surface area contributed by atoms with Crippen LogP contribution in [0.25, 0.3) is 11.2 Å². The molecule has 0 aliphatic carbocycles. The molecule has 0 amide bonds. The van der Waals surface area contributed by atoms with Crippen LogP contribution in [0, 0.1) is 0 Å². The van der Waals surface area contributed by atoms with Crippen LogP contribution >= 0.6 is 11.8 Å². The normalized spacial score (nSPS) is 12.9. The Morgan fingerprint density at radius 1 is 0.923 bits per heavy atom. The van der Waals surface area contributed by atoms with Gasteiger partial charge in [0.25, 0.3) is 5.56 Å². The van der Waals surface area contributed by atoms with E-state index in [-0.39, 0.29) is 11.2 Å². The van der Waals surface area contributed by atoms with Crippen LogP contribution in [0.15, 0.2) is 15.9 Å². The summed E-state index contributed by atoms with van der Waals surface area (Å²) >= 11 is 5.75. The molecular weight excluding hydrogens is 394 g/mol. The number of imidazole rings is 1. The molecule has 0 fully saturated rings. The second-order valence-electron chi connectivity index (χ2n) is 5.56. The zero-order valence-electron chi connectivity index (χ0n) is 13.1. The van der Waals surface area contributed by atoms with Crippen molar-refractivity contribution in [3.8, 4) is 0 Å². The van der Waals surface area contributed by atoms with Gasteiger partial charge in [-0.15, -0.1) is 0 Å². The molecule has 0 N–H and O–H groups in total. The topological polar surface area (TPSA) is 61.8 Å². The summed E-state index contributed by atoms with van der Waals surface area (Å²) in [6.07, 6.45) is -11.3. The van der Waals surface area contributed by atoms with Crippen molar-refractivity contribution in [2.45, 2.75) is 51.1 Å². The summed E-state index contributed by atoms with van der Waals surface area (Å²) in [5, 5.41) is 0. The first-order valence-corrected chi connectivity index (χ1v) is 7.75. The fraction of sp³-hybridized carbons (Fsp3) is 0.615. The lowest BCUT2D eigenvalue weighted by Gasteiger charge is -2.13. The molecule has 6 nitrogen and oxygen atoms in total. The molecule has 0 radical (unpaired) electrons. The minimum absolute atomic E-state index is 0.218. The van der Waals surface area contributed by atoms with E-state index in [4.69, 9.17) is 11.8 Å². The quantitative estimate of drug-likeness (QED) is 0.693. The van der Waals surface area contributed by atoms with E-state index in [1.165, 1.54) is 0 Å². The number of aryl methyl sites for hydroxylation is 1. The van der Waals surface area contributed by atoms with Gasteiger partial charge in [-0.05, 0) is 12.8 Å². The van der Waals surface area contributed by atoms with E-state index in [0.717, 1.165) is 15.0 Å². The largest absolute Gasteiger partial charge is 0.389 e. The number of halogens is 7. The van der Waals surface area contributed by atoms with Crippen LogP contribution in [0.2, 0.25) is 0 Å². The van der Waals surface area contributed by atoms with Crippen LogP contribution in [0.1, 0.15) is 25.7 Å². The van der Waals surface area contributed by atoms with Crippen molar-refractivity contribution < 1.29 is 26.3 Å². The molecule has 26 heavy (non-hydrogen) atoms. The van der Waals surface area contributed by atoms with E-state index in [0.29, 0.717) is 4.57 Å². The number of nitrogens with zero attached hydrogens (tertiary/aromatic N) is 4. The van der Waals surface area contributed by atoms with Crippen molar-refractivity contribution in [1.82, 2.24) is 18.2 Å². The lowest BCUT2D eigenvalue weighted by molar-refractivity contribution is -0.136. The van der Waals surface area contributed by atoms with Crippen LogP contribution in [-0.2, 0) is 13.1 Å². The Balaban J connectivity index is 2.40. The zero-order chi connectivity index (χ0) is 19.7. The smallest absolute Gasteiger partial charge is 0.276 e. The minimum Gasteiger partial charge on any atom is -0.276 e. The molecule has 0 unspecified atom stereocenters. The first kappa shape index (κ1) is 20.3. The molecule has 0 aliphatic heterocycles. The van der Waals surface area contributed by atoms with Crippen LogP contribution in [0.3, 0.4) is 0 Å². The maximum Gasteiger partial charge on any atom is 0.389 e. The van der Waals surface area contributed by atoms with Gasteiger partial charge in [-0.25, -0.2) is 13.9 Å². The average Bonchev–Trinajstić information content (AvgIpc) is 2.86. The van der Waals surface area contributed by atoms with Gasteiger partial charge in [-0.3, -0.25) is 13.9 Å². The zero-order valence-corrected chi connectivity index (χ0v) is 13.8. The minimum atomic E-state index is -4.46. The molecule has 13 heteroatoms. The number of rotatable bonds is 6. The second-order valence-corrected chi connectivity index (χ2v) is 5.92. The molecule has 0 saturated heterocycles. The molecule has 0 atom stereocenters. The maximum atomic E-state index is 12.4. The molecule has 2 rings (SSSR count). The lowest BCUT2D eigenvalue weighted by atomic mass is 10.3. The monoisotopic (exact) mass is 406 g/mol. The fourth-order valence-corrected chi connectivity index (χ4v) is 2.62. The molecule has 0 aromatic carbocycles. The predicted molar refractivity (Wildman–Crippen MR) is 80.1 cm³/mol. The van der Waals surface area contributed by atoms with Crippen molar-refractivity contribution in [2.75, 3.05) is 0 Å². The summed E-state index contributed by atoms with van der Waals surface area (Å²) in [5.74, 6) is 0. The van der Waals surface area contributed by atoms with Gasteiger partial charge in [0, 0.05) is 37.7 Å². The molecule has 0 aliphatic rings. The fourth-order valence-electron chi connectivity index (χ4n) is 2.43. The van der Waals surface area contributed by atoms with Crippen LogP contribution in [-0.4, -0.2) is 30.6 Å². The van der Waals surface area contributed by atoms with E-state index in [1.807, 2.05) is 0 Å². The summed E-state index contributed by atoms with van der Waals surface area (Å²) in [6, 6.07) is 0. The van der Waals surface area contributed by atoms with Crippen molar-refractivity contribution in [2.24, 2.45) is 0 Å². The third kappa shape index (κ3) is 4.80. The van der Waals surface area contributed by atoms with Crippen molar-refractivity contribution in [3.05, 3.63) is 27.2 Å². The van der Waals surface area contributed by atoms with Crippen LogP contribution < -0.4 is 11.2 Å². The highest BCUT2D eigenvalue weighted by Crippen LogP contribution is 2.22. The number of fused-ring (bicyclic) bond motifs is 1. The third-order valence-electron chi connectivity index (χ3n) is 3.56. The molecule has 2 heterocycles. The van der Waals surface area contributed by atoms with Gasteiger partial charge in [0.2, 0.25) is 0 Å². The van der Waals surface area contributed by atoms with Gasteiger partial charge >= 0.3 is 18.0 Å². The van der Waals surface area contributed by atoms with Gasteiger partial charge in [0.05, 0.1) is 0 Å². The van der Waals surface area contributed by atoms with Gasteiger partial charge in [0.1, 0.15) is 6.33 Å². The first-order valence-electron chi connectivity index (χ1n) is 7.41. The van der Waals surface area contributed by atoms with Gasteiger partial charge < -0.3 is 0 Å². The van der Waals surface area contributed by atoms with Gasteiger partial charge in [-0.1, -0.05) is 0 Å². The summed E-state index contributed by atoms with van der Waals surface area (Å²) in [4.78, 5) is 28.4. The van der Waals surface area contributed by atoms with Gasteiger partial charge in [0.15, 0.2) is 11.2 Å². The Morgan fingerprint density at radius 3 is 1.92 bits per heavy atom. The molecule has 2 aromatic rings. The average molecular weight is 407 g/mol. The highest BCUT2D eigenvalue weighted by Gasteiger charge is 2.28. The Labute approximate surface area is 146 Å². The predicted octanol–water partition coefficient (Wildman–Crippen LogP) is 3.05. The van der Waals surface area contributed by atoms with E-state index in [2.05, 4.69) is 4.98 Å². The third-order valence-corrected chi connectivity index (χ3v) is 3.81. The highest BCUT2D eigenvalue weighted by molar-refractivity contribution is 6.18. The standard InChI is InChI=1S/C13H13ClF6N4O2/c14-24-7-21-9-8(24)10(25)23(6-2-4-13(18,19)20)11(26)22(9)5-1-3-12(15,16)17/h7H,1-6H2. The molecular formula is C13H13ClF6N4O2. The molecule has 0 saturated carbocycles. The Kier molecular flexibility index (Phi) is 5.73. The maximum absolute atomic E-state index is 12.4. The lowest BCUT2D eigenvalue weighted by Crippen LogP contribution is -2.40. The SMILES string of the molecule is O=c1c2c(ncn2Cl)n(CCCC(F)(F)F)c(=O)n1CCCC(F)(F)F. The Bertz CT molecular complexity index is 895. The molecule has 0 bridgehead atoms. The van der Waals surface area contributed by atoms with Crippen molar-refractivity contribution >= 4 is 22.9 Å². The molecule has 0 spiro atoms. The van der Waals surface area contributed by atoms with Crippen molar-refractivity contribution in [1.29, 1.82) is 0 Å². The van der Waals surface area contributed by atoms with Crippen LogP contribution in [0.4, 0.5) is 26.3 Å². The number of aromatic nitrogens is 4. The van der Waals surface area contributed by atoms with Gasteiger partial charge in [-0.2, -0.15) is 26.3 Å². The van der Waals surface area contributed by atoms with E-state index in [1.54, 1.807) is 0 Å². The van der Waals surface area contributed by atoms with E-state index >= 15 is 0 Å². The Morgan fingerprint density at radius 2 is 1.42 bits per heavy atom. The first-order chi connectivity index (χ1) is 11.9. The Hall–Kier alpha value is -1.98. The number of hydrogen-bond acceptors (Lipinski definition) is 3. The number of hydrogen-bond donors (Lipinski definition) is 0. The van der Waals surface area contributed by atoms with E-state index < -0.39 is 62.4 Å².